The summed E-state index contributed by atoms with van der Waals surface area (Å²) in [6, 6.07) is 0. The molecule has 1 fully saturated rings. The van der Waals surface area contributed by atoms with E-state index in [1.54, 1.807) is 0 Å². The standard InChI is InChI=1S/C7H15NO.C6H10.3C2H6/c1-2-3-8-4-6-9-7-5-8;1-3-5-6-4-2;3*1-2/h2-7H2,1H3;3,5H2,1-2H3;3*1-2H3. The second-order valence-corrected chi connectivity index (χ2v) is 3.63. The lowest BCUT2D eigenvalue weighted by Gasteiger charge is -2.25. The molecule has 0 spiro atoms. The van der Waals surface area contributed by atoms with Gasteiger partial charge in [0, 0.05) is 19.5 Å². The minimum Gasteiger partial charge on any atom is -0.379 e. The normalized spacial score (nSPS) is 12.2. The number of hydrogen-bond acceptors (Lipinski definition) is 2. The molecule has 0 amide bonds. The van der Waals surface area contributed by atoms with Gasteiger partial charge in [0.25, 0.3) is 0 Å². The van der Waals surface area contributed by atoms with E-state index < -0.39 is 0 Å². The van der Waals surface area contributed by atoms with Crippen LogP contribution in [0.4, 0.5) is 0 Å². The van der Waals surface area contributed by atoms with Gasteiger partial charge in [0.2, 0.25) is 0 Å². The first-order chi connectivity index (χ1) is 10.3. The predicted molar refractivity (Wildman–Crippen MR) is 100.0 cm³/mol. The summed E-state index contributed by atoms with van der Waals surface area (Å²) in [7, 11) is 0. The third kappa shape index (κ3) is 32.8. The fraction of sp³-hybridized carbons (Fsp3) is 0.895. The first-order valence-electron chi connectivity index (χ1n) is 9.04. The Morgan fingerprint density at radius 1 is 0.857 bits per heavy atom. The van der Waals surface area contributed by atoms with Crippen LogP contribution in [0.5, 0.6) is 0 Å². The van der Waals surface area contributed by atoms with Crippen molar-refractivity contribution in [3.05, 3.63) is 0 Å². The van der Waals surface area contributed by atoms with E-state index in [0.29, 0.717) is 0 Å². The molecular formula is C19H43NO. The van der Waals surface area contributed by atoms with Gasteiger partial charge in [-0.25, -0.2) is 0 Å². The van der Waals surface area contributed by atoms with E-state index in [9.17, 15) is 0 Å². The van der Waals surface area contributed by atoms with Crippen LogP contribution in [-0.2, 0) is 4.74 Å². The Morgan fingerprint density at radius 3 is 1.62 bits per heavy atom. The van der Waals surface area contributed by atoms with Crippen molar-refractivity contribution >= 4 is 0 Å². The van der Waals surface area contributed by atoms with Crippen LogP contribution in [0, 0.1) is 11.8 Å². The Morgan fingerprint density at radius 2 is 1.33 bits per heavy atom. The molecule has 0 N–H and O–H groups in total. The number of nitrogens with zero attached hydrogens (tertiary/aromatic N) is 1. The SMILES string of the molecule is CC.CC.CC.CC#CCCC.CCCN1CCOCC1. The van der Waals surface area contributed by atoms with Crippen LogP contribution in [0.3, 0.4) is 0 Å². The molecule has 1 heterocycles. The molecule has 21 heavy (non-hydrogen) atoms. The molecule has 0 saturated carbocycles. The van der Waals surface area contributed by atoms with Crippen molar-refractivity contribution in [2.24, 2.45) is 0 Å². The van der Waals surface area contributed by atoms with Gasteiger partial charge in [0.05, 0.1) is 13.2 Å². The van der Waals surface area contributed by atoms with Gasteiger partial charge >= 0.3 is 0 Å². The molecule has 0 atom stereocenters. The lowest BCUT2D eigenvalue weighted by atomic mass is 10.3. The van der Waals surface area contributed by atoms with Crippen LogP contribution in [-0.4, -0.2) is 37.7 Å². The summed E-state index contributed by atoms with van der Waals surface area (Å²) in [5.41, 5.74) is 0. The van der Waals surface area contributed by atoms with Crippen LogP contribution in [0.1, 0.15) is 81.6 Å². The smallest absolute Gasteiger partial charge is 0.0594 e. The first-order valence-corrected chi connectivity index (χ1v) is 9.04. The van der Waals surface area contributed by atoms with Crippen LogP contribution < -0.4 is 0 Å². The second kappa shape index (κ2) is 36.6. The Hall–Kier alpha value is -0.520. The molecule has 2 nitrogen and oxygen atoms in total. The fourth-order valence-corrected chi connectivity index (χ4v) is 1.39. The summed E-state index contributed by atoms with van der Waals surface area (Å²) in [4.78, 5) is 2.45. The van der Waals surface area contributed by atoms with Gasteiger partial charge in [0.1, 0.15) is 0 Å². The Kier molecular flexibility index (Phi) is 49.9. The third-order valence-electron chi connectivity index (χ3n) is 2.20. The van der Waals surface area contributed by atoms with Gasteiger partial charge < -0.3 is 4.74 Å². The maximum Gasteiger partial charge on any atom is 0.0594 e. The molecule has 1 rings (SSSR count). The molecule has 0 aromatic rings. The molecule has 0 aromatic heterocycles. The molecule has 0 aliphatic carbocycles. The molecule has 1 saturated heterocycles. The maximum atomic E-state index is 5.20. The molecule has 130 valence electrons. The highest BCUT2D eigenvalue weighted by atomic mass is 16.5. The first kappa shape index (κ1) is 28.6. The van der Waals surface area contributed by atoms with Gasteiger partial charge in [-0.3, -0.25) is 4.90 Å². The zero-order chi connectivity index (χ0) is 17.4. The fourth-order valence-electron chi connectivity index (χ4n) is 1.39. The average Bonchev–Trinajstić information content (AvgIpc) is 2.60. The van der Waals surface area contributed by atoms with Gasteiger partial charge in [0.15, 0.2) is 0 Å². The molecule has 0 aromatic carbocycles. The third-order valence-corrected chi connectivity index (χ3v) is 2.20. The summed E-state index contributed by atoms with van der Waals surface area (Å²) in [5, 5.41) is 0. The summed E-state index contributed by atoms with van der Waals surface area (Å²) in [5.74, 6) is 5.77. The van der Waals surface area contributed by atoms with Crippen LogP contribution >= 0.6 is 0 Å². The second-order valence-electron chi connectivity index (χ2n) is 3.63. The summed E-state index contributed by atoms with van der Waals surface area (Å²) >= 11 is 0. The summed E-state index contributed by atoms with van der Waals surface area (Å²) in [6.45, 7) is 23.6. The summed E-state index contributed by atoms with van der Waals surface area (Å²) in [6.07, 6.45) is 3.50. The van der Waals surface area contributed by atoms with Gasteiger partial charge in [-0.1, -0.05) is 55.4 Å². The number of rotatable bonds is 3. The number of ether oxygens (including phenoxy) is 1. The number of hydrogen-bond donors (Lipinski definition) is 0. The van der Waals surface area contributed by atoms with Gasteiger partial charge in [-0.05, 0) is 26.3 Å². The van der Waals surface area contributed by atoms with E-state index in [0.717, 1.165) is 32.7 Å². The van der Waals surface area contributed by atoms with E-state index in [2.05, 4.69) is 30.6 Å². The van der Waals surface area contributed by atoms with Crippen molar-refractivity contribution in [3.63, 3.8) is 0 Å². The maximum absolute atomic E-state index is 5.20. The quantitative estimate of drug-likeness (QED) is 0.628. The molecule has 1 aliphatic heterocycles. The molecule has 0 radical (unpaired) electrons. The van der Waals surface area contributed by atoms with Crippen molar-refractivity contribution < 1.29 is 4.74 Å². The van der Waals surface area contributed by atoms with Crippen LogP contribution in [0.2, 0.25) is 0 Å². The Labute approximate surface area is 136 Å². The van der Waals surface area contributed by atoms with Crippen LogP contribution in [0.15, 0.2) is 0 Å². The monoisotopic (exact) mass is 301 g/mol. The molecule has 0 unspecified atom stereocenters. The summed E-state index contributed by atoms with van der Waals surface area (Å²) < 4.78 is 5.20. The minimum atomic E-state index is 0.931. The van der Waals surface area contributed by atoms with Gasteiger partial charge in [-0.15, -0.1) is 11.8 Å². The van der Waals surface area contributed by atoms with Crippen molar-refractivity contribution in [1.82, 2.24) is 4.90 Å². The van der Waals surface area contributed by atoms with E-state index in [-0.39, 0.29) is 0 Å². The van der Waals surface area contributed by atoms with E-state index >= 15 is 0 Å². The van der Waals surface area contributed by atoms with Crippen LogP contribution in [0.25, 0.3) is 0 Å². The topological polar surface area (TPSA) is 12.5 Å². The zero-order valence-electron chi connectivity index (χ0n) is 16.5. The molecule has 1 aliphatic rings. The predicted octanol–water partition coefficient (Wildman–Crippen LogP) is 5.62. The van der Waals surface area contributed by atoms with Crippen molar-refractivity contribution in [2.75, 3.05) is 32.8 Å². The highest BCUT2D eigenvalue weighted by Gasteiger charge is 2.07. The van der Waals surface area contributed by atoms with E-state index in [1.165, 1.54) is 19.4 Å². The lowest BCUT2D eigenvalue weighted by Crippen LogP contribution is -2.36. The lowest BCUT2D eigenvalue weighted by molar-refractivity contribution is 0.0380. The molecular weight excluding hydrogens is 258 g/mol. The van der Waals surface area contributed by atoms with Crippen molar-refractivity contribution in [1.29, 1.82) is 0 Å². The highest BCUT2D eigenvalue weighted by Crippen LogP contribution is 1.96. The number of unbranched alkanes of at least 4 members (excludes halogenated alkanes) is 1. The molecule has 2 heteroatoms. The minimum absolute atomic E-state index is 0.931. The largest absolute Gasteiger partial charge is 0.379 e. The van der Waals surface area contributed by atoms with Gasteiger partial charge in [-0.2, -0.15) is 0 Å². The highest BCUT2D eigenvalue weighted by molar-refractivity contribution is 4.93. The van der Waals surface area contributed by atoms with Crippen molar-refractivity contribution in [3.8, 4) is 11.8 Å². The van der Waals surface area contributed by atoms with Crippen molar-refractivity contribution in [2.45, 2.75) is 81.6 Å². The zero-order valence-corrected chi connectivity index (χ0v) is 16.5. The van der Waals surface area contributed by atoms with E-state index in [1.807, 2.05) is 48.5 Å². The number of morpholine rings is 1. The Bertz CT molecular complexity index is 173. The Balaban J connectivity index is -0.000000106. The van der Waals surface area contributed by atoms with E-state index in [4.69, 9.17) is 4.74 Å². The molecule has 0 bridgehead atoms. The average molecular weight is 302 g/mol.